The number of nitrogen functional groups attached to an aromatic ring is 1. The highest BCUT2D eigenvalue weighted by molar-refractivity contribution is 7.27. The summed E-state index contributed by atoms with van der Waals surface area (Å²) in [4.78, 5) is 65.4. The molecule has 0 atom stereocenters. The molecule has 0 bridgehead atoms. The van der Waals surface area contributed by atoms with Crippen molar-refractivity contribution in [3.8, 4) is 19.5 Å². The van der Waals surface area contributed by atoms with Crippen LogP contribution in [0.4, 0.5) is 11.4 Å². The Morgan fingerprint density at radius 2 is 0.934 bits per heavy atom. The molecule has 0 fully saturated rings. The predicted octanol–water partition coefficient (Wildman–Crippen LogP) is 14.3. The summed E-state index contributed by atoms with van der Waals surface area (Å²) in [5, 5.41) is 10.5. The standard InChI is InChI=1S/C51H47N3O4S3/c1-3-5-7-9-11-15-29(16-12-10-8-6-4-2)53-48(55)34-23-19-30-32-21-25-36-43-37(26-22-33(41(32)43)31-20-24-35(49(53)56)42(34)40(30)31)51(58)54(50(36)57)45-44(52)46(38-17-13-27-59-38)61-47(45)39-18-14-28-60-39/h13-14,17-29H,3-12,15-16,52H2,1-2H3. The number of carbonyl (C=O) groups is 4. The lowest BCUT2D eigenvalue weighted by molar-refractivity contribution is 0.0516. The first-order valence-corrected chi connectivity index (χ1v) is 24.4. The second kappa shape index (κ2) is 16.1. The number of hydrogen-bond donors (Lipinski definition) is 1. The van der Waals surface area contributed by atoms with E-state index in [2.05, 4.69) is 13.8 Å². The SMILES string of the molecule is CCCCCCCC(CCCCCCC)N1C(=O)c2ccc3c4ccc5c6c(ccc(c7ccc(c2c37)C1=O)c64)C(=O)N(c1c(-c2cccs2)sc(-c2cccs2)c1N)C5=O. The van der Waals surface area contributed by atoms with Crippen molar-refractivity contribution in [1.82, 2.24) is 4.90 Å². The van der Waals surface area contributed by atoms with Gasteiger partial charge in [-0.25, -0.2) is 4.90 Å². The Labute approximate surface area is 367 Å². The summed E-state index contributed by atoms with van der Waals surface area (Å²) in [6.07, 6.45) is 12.9. The fourth-order valence-corrected chi connectivity index (χ4v) is 12.9. The van der Waals surface area contributed by atoms with Crippen LogP contribution in [0.25, 0.3) is 62.6 Å². The van der Waals surface area contributed by atoms with E-state index in [9.17, 15) is 19.2 Å². The molecule has 3 aromatic heterocycles. The summed E-state index contributed by atoms with van der Waals surface area (Å²) in [5.74, 6) is -1.26. The van der Waals surface area contributed by atoms with Crippen LogP contribution in [-0.4, -0.2) is 34.6 Å². The third kappa shape index (κ3) is 6.31. The Morgan fingerprint density at radius 1 is 0.508 bits per heavy atom. The Hall–Kier alpha value is -5.42. The smallest absolute Gasteiger partial charge is 0.266 e. The van der Waals surface area contributed by atoms with Crippen molar-refractivity contribution in [1.29, 1.82) is 0 Å². The number of benzene rings is 5. The zero-order chi connectivity index (χ0) is 41.9. The highest BCUT2D eigenvalue weighted by atomic mass is 32.1. The van der Waals surface area contributed by atoms with E-state index in [1.165, 1.54) is 54.8 Å². The number of thiophene rings is 3. The number of fused-ring (bicyclic) bond motifs is 2. The zero-order valence-corrected chi connectivity index (χ0v) is 36.9. The maximum absolute atomic E-state index is 14.8. The summed E-state index contributed by atoms with van der Waals surface area (Å²) >= 11 is 4.62. The molecule has 0 saturated heterocycles. The van der Waals surface area contributed by atoms with Crippen molar-refractivity contribution < 1.29 is 19.2 Å². The minimum Gasteiger partial charge on any atom is -0.396 e. The molecule has 0 radical (unpaired) electrons. The molecule has 7 nitrogen and oxygen atoms in total. The molecular weight excluding hydrogens is 815 g/mol. The number of nitrogens with two attached hydrogens (primary N) is 1. The fourth-order valence-electron chi connectivity index (χ4n) is 10.0. The number of amides is 4. The van der Waals surface area contributed by atoms with Gasteiger partial charge < -0.3 is 5.73 Å². The molecule has 2 aliphatic heterocycles. The minimum absolute atomic E-state index is 0.140. The van der Waals surface area contributed by atoms with Crippen LogP contribution in [0.15, 0.2) is 83.6 Å². The van der Waals surface area contributed by atoms with Crippen LogP contribution in [0.5, 0.6) is 0 Å². The van der Waals surface area contributed by atoms with Gasteiger partial charge in [-0.3, -0.25) is 24.1 Å². The Kier molecular flexibility index (Phi) is 10.5. The van der Waals surface area contributed by atoms with E-state index in [4.69, 9.17) is 5.73 Å². The van der Waals surface area contributed by atoms with E-state index in [0.29, 0.717) is 44.4 Å². The summed E-state index contributed by atoms with van der Waals surface area (Å²) in [7, 11) is 0. The lowest BCUT2D eigenvalue weighted by Crippen LogP contribution is -2.47. The fraction of sp³-hybridized carbons (Fsp3) is 0.294. The maximum atomic E-state index is 14.8. The van der Waals surface area contributed by atoms with Gasteiger partial charge >= 0.3 is 0 Å². The monoisotopic (exact) mass is 861 g/mol. The number of anilines is 2. The molecule has 5 aromatic carbocycles. The second-order valence-corrected chi connectivity index (χ2v) is 19.5. The number of nitrogens with zero attached hydrogens (tertiary/aromatic N) is 2. The number of rotatable bonds is 16. The molecule has 61 heavy (non-hydrogen) atoms. The van der Waals surface area contributed by atoms with Crippen molar-refractivity contribution in [2.24, 2.45) is 0 Å². The minimum atomic E-state index is -0.418. The molecule has 10 heteroatoms. The molecule has 4 amide bonds. The van der Waals surface area contributed by atoms with Gasteiger partial charge in [0.15, 0.2) is 0 Å². The van der Waals surface area contributed by atoms with Gasteiger partial charge in [-0.15, -0.1) is 34.0 Å². The molecule has 308 valence electrons. The third-order valence-corrected chi connectivity index (χ3v) is 16.2. The number of hydrogen-bond acceptors (Lipinski definition) is 8. The van der Waals surface area contributed by atoms with Gasteiger partial charge in [-0.2, -0.15) is 0 Å². The van der Waals surface area contributed by atoms with Crippen LogP contribution >= 0.6 is 34.0 Å². The van der Waals surface area contributed by atoms with Gasteiger partial charge in [0.25, 0.3) is 23.6 Å². The summed E-state index contributed by atoms with van der Waals surface area (Å²) in [6, 6.07) is 23.1. The largest absolute Gasteiger partial charge is 0.396 e. The van der Waals surface area contributed by atoms with Crippen molar-refractivity contribution in [3.05, 3.63) is 106 Å². The average Bonchev–Trinajstić information content (AvgIpc) is 4.07. The number of unbranched alkanes of at least 4 members (excludes halogenated alkanes) is 8. The Morgan fingerprint density at radius 3 is 1.36 bits per heavy atom. The molecule has 0 unspecified atom stereocenters. The summed E-state index contributed by atoms with van der Waals surface area (Å²) < 4.78 is 0. The molecule has 5 heterocycles. The molecule has 8 aromatic rings. The van der Waals surface area contributed by atoms with Gasteiger partial charge in [-0.05, 0) is 92.3 Å². The van der Waals surface area contributed by atoms with Crippen LogP contribution in [0.2, 0.25) is 0 Å². The highest BCUT2D eigenvalue weighted by Gasteiger charge is 2.41. The first kappa shape index (κ1) is 39.7. The zero-order valence-electron chi connectivity index (χ0n) is 34.5. The average molecular weight is 862 g/mol. The normalized spacial score (nSPS) is 14.1. The van der Waals surface area contributed by atoms with Crippen molar-refractivity contribution in [2.75, 3.05) is 10.6 Å². The van der Waals surface area contributed by atoms with Gasteiger partial charge in [0.1, 0.15) is 0 Å². The van der Waals surface area contributed by atoms with Crippen LogP contribution < -0.4 is 10.6 Å². The highest BCUT2D eigenvalue weighted by Crippen LogP contribution is 2.54. The lowest BCUT2D eigenvalue weighted by Gasteiger charge is -2.35. The predicted molar refractivity (Wildman–Crippen MR) is 255 cm³/mol. The van der Waals surface area contributed by atoms with Gasteiger partial charge in [0.05, 0.1) is 21.1 Å². The van der Waals surface area contributed by atoms with E-state index in [-0.39, 0.29) is 17.9 Å². The van der Waals surface area contributed by atoms with Gasteiger partial charge in [0, 0.05) is 48.8 Å². The van der Waals surface area contributed by atoms with E-state index in [1.807, 2.05) is 83.6 Å². The van der Waals surface area contributed by atoms with E-state index in [0.717, 1.165) is 90.4 Å². The van der Waals surface area contributed by atoms with E-state index < -0.39 is 11.8 Å². The van der Waals surface area contributed by atoms with Crippen molar-refractivity contribution in [3.63, 3.8) is 0 Å². The van der Waals surface area contributed by atoms with Gasteiger partial charge in [-0.1, -0.05) is 114 Å². The van der Waals surface area contributed by atoms with Crippen molar-refractivity contribution >= 4 is 112 Å². The summed E-state index contributed by atoms with van der Waals surface area (Å²) in [6.45, 7) is 4.43. The lowest BCUT2D eigenvalue weighted by atomic mass is 9.82. The van der Waals surface area contributed by atoms with Gasteiger partial charge in [0.2, 0.25) is 0 Å². The second-order valence-electron chi connectivity index (χ2n) is 16.6. The molecular formula is C51H47N3O4S3. The third-order valence-electron chi connectivity index (χ3n) is 12.9. The van der Waals surface area contributed by atoms with Crippen molar-refractivity contribution in [2.45, 2.75) is 96.9 Å². The van der Waals surface area contributed by atoms with Crippen LogP contribution in [-0.2, 0) is 0 Å². The van der Waals surface area contributed by atoms with E-state index >= 15 is 0 Å². The van der Waals surface area contributed by atoms with Crippen LogP contribution in [0.1, 0.15) is 132 Å². The summed E-state index contributed by atoms with van der Waals surface area (Å²) in [5.41, 5.74) is 9.75. The topological polar surface area (TPSA) is 101 Å². The number of imide groups is 2. The van der Waals surface area contributed by atoms with Crippen LogP contribution in [0.3, 0.4) is 0 Å². The Bertz CT molecular complexity index is 2880. The molecule has 2 N–H and O–H groups in total. The molecule has 10 rings (SSSR count). The Balaban J connectivity index is 1.07. The van der Waals surface area contributed by atoms with Crippen LogP contribution in [0, 0.1) is 0 Å². The first-order chi connectivity index (χ1) is 29.8. The molecule has 0 spiro atoms. The van der Waals surface area contributed by atoms with E-state index in [1.54, 1.807) is 27.6 Å². The quantitative estimate of drug-likeness (QED) is 0.0451. The maximum Gasteiger partial charge on any atom is 0.266 e. The molecule has 0 aliphatic carbocycles. The first-order valence-electron chi connectivity index (χ1n) is 21.8. The molecule has 0 saturated carbocycles. The molecule has 2 aliphatic rings. The number of carbonyl (C=O) groups excluding carboxylic acids is 4.